The highest BCUT2D eigenvalue weighted by molar-refractivity contribution is 6.36. The summed E-state index contributed by atoms with van der Waals surface area (Å²) < 4.78 is 6.19. The Morgan fingerprint density at radius 3 is 2.23 bits per heavy atom. The van der Waals surface area contributed by atoms with Crippen LogP contribution in [0.15, 0.2) is 18.2 Å². The first kappa shape index (κ1) is 20.0. The van der Waals surface area contributed by atoms with E-state index in [9.17, 15) is 10.0 Å². The molecular weight excluding hydrogens is 352 g/mol. The normalized spacial score (nSPS) is 10.7. The van der Waals surface area contributed by atoms with Gasteiger partial charge in [-0.3, -0.25) is 4.79 Å². The van der Waals surface area contributed by atoms with Crippen molar-refractivity contribution >= 4 is 23.2 Å². The van der Waals surface area contributed by atoms with E-state index < -0.39 is 5.91 Å². The molecule has 0 aliphatic carbocycles. The van der Waals surface area contributed by atoms with Gasteiger partial charge in [0.1, 0.15) is 10.6 Å². The van der Waals surface area contributed by atoms with E-state index >= 15 is 0 Å². The predicted molar refractivity (Wildman–Crippen MR) is 104 cm³/mol. The minimum absolute atomic E-state index is 0.142. The van der Waals surface area contributed by atoms with Crippen LogP contribution in [0.4, 0.5) is 5.69 Å². The van der Waals surface area contributed by atoms with Crippen molar-refractivity contribution in [3.05, 3.63) is 56.5 Å². The van der Waals surface area contributed by atoms with Crippen LogP contribution in [0.2, 0.25) is 5.02 Å². The highest BCUT2D eigenvalue weighted by Gasteiger charge is 2.28. The number of amides is 1. The number of pyridine rings is 1. The molecule has 6 heteroatoms. The van der Waals surface area contributed by atoms with Crippen LogP contribution in [0.3, 0.4) is 0 Å². The molecule has 1 aromatic heterocycles. The van der Waals surface area contributed by atoms with Gasteiger partial charge in [0.15, 0.2) is 0 Å². The van der Waals surface area contributed by atoms with Crippen LogP contribution in [0.5, 0.6) is 5.75 Å². The number of para-hydroxylation sites is 1. The summed E-state index contributed by atoms with van der Waals surface area (Å²) in [5, 5.41) is 15.6. The molecule has 1 N–H and O–H groups in total. The zero-order valence-electron chi connectivity index (χ0n) is 15.9. The second kappa shape index (κ2) is 8.41. The monoisotopic (exact) mass is 376 g/mol. The van der Waals surface area contributed by atoms with Gasteiger partial charge in [0, 0.05) is 19.5 Å². The van der Waals surface area contributed by atoms with Crippen molar-refractivity contribution < 1.29 is 14.3 Å². The van der Waals surface area contributed by atoms with Crippen LogP contribution in [0.1, 0.15) is 53.6 Å². The van der Waals surface area contributed by atoms with Crippen LogP contribution in [-0.4, -0.2) is 12.5 Å². The molecule has 1 amide bonds. The quantitative estimate of drug-likeness (QED) is 0.601. The van der Waals surface area contributed by atoms with Gasteiger partial charge in [-0.05, 0) is 30.9 Å². The number of carbonyl (C=O) groups is 1. The van der Waals surface area contributed by atoms with Gasteiger partial charge in [0.05, 0.1) is 6.61 Å². The van der Waals surface area contributed by atoms with Crippen LogP contribution < -0.4 is 14.8 Å². The smallest absolute Gasteiger partial charge is 0.263 e. The number of hydrogen-bond acceptors (Lipinski definition) is 3. The van der Waals surface area contributed by atoms with Crippen molar-refractivity contribution in [2.45, 2.75) is 47.5 Å². The minimum atomic E-state index is -0.409. The molecule has 0 aliphatic heterocycles. The Kier molecular flexibility index (Phi) is 6.48. The molecule has 2 rings (SSSR count). The van der Waals surface area contributed by atoms with Gasteiger partial charge in [-0.1, -0.05) is 43.6 Å². The number of halogens is 1. The molecule has 0 saturated heterocycles. The molecule has 0 radical (unpaired) electrons. The van der Waals surface area contributed by atoms with E-state index in [0.29, 0.717) is 17.0 Å². The Balaban J connectivity index is 2.55. The van der Waals surface area contributed by atoms with E-state index in [0.717, 1.165) is 29.7 Å². The minimum Gasteiger partial charge on any atom is -0.618 e. The summed E-state index contributed by atoms with van der Waals surface area (Å²) in [6.07, 6.45) is 1.58. The lowest BCUT2D eigenvalue weighted by Crippen LogP contribution is -2.37. The Bertz CT molecular complexity index is 812. The number of anilines is 1. The number of benzene rings is 1. The fourth-order valence-electron chi connectivity index (χ4n) is 3.03. The summed E-state index contributed by atoms with van der Waals surface area (Å²) in [5.41, 5.74) is 3.60. The molecule has 1 heterocycles. The van der Waals surface area contributed by atoms with E-state index in [2.05, 4.69) is 5.32 Å². The number of hydrogen-bond donors (Lipinski definition) is 1. The molecule has 2 aromatic rings. The first-order valence-electron chi connectivity index (χ1n) is 8.84. The Labute approximate surface area is 159 Å². The molecule has 0 aliphatic rings. The van der Waals surface area contributed by atoms with Gasteiger partial charge in [-0.2, -0.15) is 4.73 Å². The summed E-state index contributed by atoms with van der Waals surface area (Å²) in [7, 11) is 0. The third kappa shape index (κ3) is 3.63. The maximum Gasteiger partial charge on any atom is 0.263 e. The predicted octanol–water partition coefficient (Wildman–Crippen LogP) is 4.37. The molecule has 0 unspecified atom stereocenters. The zero-order valence-corrected chi connectivity index (χ0v) is 16.7. The largest absolute Gasteiger partial charge is 0.618 e. The van der Waals surface area contributed by atoms with Crippen LogP contribution in [-0.2, 0) is 12.8 Å². The molecular formula is C20H25ClN2O3. The standard InChI is InChI=1S/C20H25ClN2O3/c1-6-14-10-9-11-15(7-2)18(14)22-20(24)16-12(4)23(25)13(5)19(17(16)21)26-8-3/h9-11H,6-8H2,1-5H3,(H,22,24). The third-order valence-corrected chi connectivity index (χ3v) is 4.83. The molecule has 0 bridgehead atoms. The van der Waals surface area contributed by atoms with Crippen molar-refractivity contribution in [3.63, 3.8) is 0 Å². The average molecular weight is 377 g/mol. The average Bonchev–Trinajstić information content (AvgIpc) is 2.63. The van der Waals surface area contributed by atoms with E-state index in [1.165, 1.54) is 0 Å². The number of rotatable bonds is 6. The molecule has 1 aromatic carbocycles. The number of ether oxygens (including phenoxy) is 1. The van der Waals surface area contributed by atoms with Crippen molar-refractivity contribution in [2.24, 2.45) is 0 Å². The number of nitrogens with one attached hydrogen (secondary N) is 1. The summed E-state index contributed by atoms with van der Waals surface area (Å²) in [6.45, 7) is 9.43. The summed E-state index contributed by atoms with van der Waals surface area (Å²) in [6, 6.07) is 5.95. The van der Waals surface area contributed by atoms with Gasteiger partial charge in [0.2, 0.25) is 17.1 Å². The Morgan fingerprint density at radius 1 is 1.15 bits per heavy atom. The van der Waals surface area contributed by atoms with Gasteiger partial charge < -0.3 is 15.3 Å². The second-order valence-electron chi connectivity index (χ2n) is 6.03. The Hall–Kier alpha value is -2.27. The highest BCUT2D eigenvalue weighted by Crippen LogP contribution is 2.33. The lowest BCUT2D eigenvalue weighted by atomic mass is 10.0. The lowest BCUT2D eigenvalue weighted by Gasteiger charge is -2.18. The van der Waals surface area contributed by atoms with Gasteiger partial charge in [-0.25, -0.2) is 0 Å². The summed E-state index contributed by atoms with van der Waals surface area (Å²) >= 11 is 6.44. The SMILES string of the molecule is CCOc1c(Cl)c(C(=O)Nc2c(CC)cccc2CC)c(C)[n+]([O-])c1C. The molecule has 0 spiro atoms. The van der Waals surface area contributed by atoms with E-state index in [4.69, 9.17) is 16.3 Å². The second-order valence-corrected chi connectivity index (χ2v) is 6.41. The highest BCUT2D eigenvalue weighted by atomic mass is 35.5. The van der Waals surface area contributed by atoms with Gasteiger partial charge >= 0.3 is 0 Å². The van der Waals surface area contributed by atoms with E-state index in [1.807, 2.05) is 32.0 Å². The van der Waals surface area contributed by atoms with Crippen LogP contribution in [0.25, 0.3) is 0 Å². The van der Waals surface area contributed by atoms with Crippen LogP contribution >= 0.6 is 11.6 Å². The molecule has 140 valence electrons. The van der Waals surface area contributed by atoms with Gasteiger partial charge in [-0.15, -0.1) is 0 Å². The molecule has 5 nitrogen and oxygen atoms in total. The van der Waals surface area contributed by atoms with Crippen LogP contribution in [0, 0.1) is 19.1 Å². The first-order valence-corrected chi connectivity index (χ1v) is 9.22. The first-order chi connectivity index (χ1) is 12.4. The fourth-order valence-corrected chi connectivity index (χ4v) is 3.45. The molecule has 26 heavy (non-hydrogen) atoms. The maximum atomic E-state index is 13.0. The fraction of sp³-hybridized carbons (Fsp3) is 0.400. The van der Waals surface area contributed by atoms with E-state index in [1.54, 1.807) is 20.8 Å². The van der Waals surface area contributed by atoms with E-state index in [-0.39, 0.29) is 22.0 Å². The molecule has 0 saturated carbocycles. The molecule has 0 atom stereocenters. The molecule has 0 fully saturated rings. The van der Waals surface area contributed by atoms with Crippen molar-refractivity contribution in [1.82, 2.24) is 0 Å². The maximum absolute atomic E-state index is 13.0. The number of aryl methyl sites for hydroxylation is 2. The van der Waals surface area contributed by atoms with Crippen molar-refractivity contribution in [2.75, 3.05) is 11.9 Å². The zero-order chi connectivity index (χ0) is 19.4. The van der Waals surface area contributed by atoms with Crippen molar-refractivity contribution in [1.29, 1.82) is 0 Å². The number of carbonyl (C=O) groups excluding carboxylic acids is 1. The van der Waals surface area contributed by atoms with Crippen molar-refractivity contribution in [3.8, 4) is 5.75 Å². The number of nitrogens with zero attached hydrogens (tertiary/aromatic N) is 1. The summed E-state index contributed by atoms with van der Waals surface area (Å²) in [4.78, 5) is 13.0. The number of aromatic nitrogens is 1. The topological polar surface area (TPSA) is 65.3 Å². The third-order valence-electron chi connectivity index (χ3n) is 4.47. The van der Waals surface area contributed by atoms with Gasteiger partial charge in [0.25, 0.3) is 5.91 Å². The summed E-state index contributed by atoms with van der Waals surface area (Å²) in [5.74, 6) is -0.159. The lowest BCUT2D eigenvalue weighted by molar-refractivity contribution is -0.619. The Morgan fingerprint density at radius 2 is 1.73 bits per heavy atom.